The number of ether oxygens (including phenoxy) is 1. The molecule has 0 radical (unpaired) electrons. The number of anilines is 1. The van der Waals surface area contributed by atoms with E-state index in [1.807, 2.05) is 55.5 Å². The third kappa shape index (κ3) is 4.42. The Hall–Kier alpha value is -1.65. The Morgan fingerprint density at radius 1 is 1.23 bits per heavy atom. The highest BCUT2D eigenvalue weighted by Gasteiger charge is 2.19. The third-order valence-electron chi connectivity index (χ3n) is 3.12. The van der Waals surface area contributed by atoms with Crippen LogP contribution in [0.5, 0.6) is 5.75 Å². The predicted molar refractivity (Wildman–Crippen MR) is 93.0 cm³/mol. The number of carbonyl (C=O) groups is 1. The number of amides is 1. The van der Waals surface area contributed by atoms with Crippen LogP contribution in [-0.2, 0) is 4.79 Å². The molecule has 0 aromatic heterocycles. The van der Waals surface area contributed by atoms with E-state index in [1.54, 1.807) is 7.11 Å². The van der Waals surface area contributed by atoms with Crippen LogP contribution in [0.4, 0.5) is 5.69 Å². The number of para-hydroxylation sites is 2. The average molecular weight is 336 g/mol. The second-order valence-corrected chi connectivity index (χ2v) is 6.37. The zero-order valence-electron chi connectivity index (χ0n) is 12.5. The highest BCUT2D eigenvalue weighted by atomic mass is 35.5. The van der Waals surface area contributed by atoms with E-state index in [1.165, 1.54) is 11.8 Å². The van der Waals surface area contributed by atoms with Crippen molar-refractivity contribution in [2.75, 3.05) is 12.4 Å². The topological polar surface area (TPSA) is 38.3 Å². The van der Waals surface area contributed by atoms with E-state index in [-0.39, 0.29) is 11.2 Å². The van der Waals surface area contributed by atoms with Gasteiger partial charge in [-0.1, -0.05) is 30.7 Å². The number of rotatable bonds is 6. The second-order valence-electron chi connectivity index (χ2n) is 4.66. The van der Waals surface area contributed by atoms with Crippen LogP contribution < -0.4 is 10.1 Å². The first-order valence-corrected chi connectivity index (χ1v) is 8.26. The number of carbonyl (C=O) groups excluding carboxylic acids is 1. The van der Waals surface area contributed by atoms with Crippen molar-refractivity contribution < 1.29 is 9.53 Å². The van der Waals surface area contributed by atoms with E-state index < -0.39 is 0 Å². The summed E-state index contributed by atoms with van der Waals surface area (Å²) in [6, 6.07) is 14.9. The SMILES string of the molecule is CCC(Sc1ccc(Cl)cc1)C(=O)Nc1ccccc1OC. The molecule has 0 aliphatic rings. The fraction of sp³-hybridized carbons (Fsp3) is 0.235. The van der Waals surface area contributed by atoms with Crippen LogP contribution in [0.1, 0.15) is 13.3 Å². The van der Waals surface area contributed by atoms with E-state index in [9.17, 15) is 4.79 Å². The molecule has 1 unspecified atom stereocenters. The molecule has 5 heteroatoms. The number of benzene rings is 2. The van der Waals surface area contributed by atoms with Gasteiger partial charge >= 0.3 is 0 Å². The van der Waals surface area contributed by atoms with Gasteiger partial charge in [0.25, 0.3) is 0 Å². The molecule has 0 saturated carbocycles. The molecule has 2 rings (SSSR count). The number of hydrogen-bond acceptors (Lipinski definition) is 3. The van der Waals surface area contributed by atoms with Crippen molar-refractivity contribution in [1.82, 2.24) is 0 Å². The summed E-state index contributed by atoms with van der Waals surface area (Å²) in [5, 5.41) is 3.45. The van der Waals surface area contributed by atoms with Crippen LogP contribution >= 0.6 is 23.4 Å². The van der Waals surface area contributed by atoms with Crippen molar-refractivity contribution in [1.29, 1.82) is 0 Å². The molecule has 1 amide bonds. The maximum Gasteiger partial charge on any atom is 0.237 e. The Morgan fingerprint density at radius 2 is 1.91 bits per heavy atom. The van der Waals surface area contributed by atoms with E-state index in [2.05, 4.69) is 5.32 Å². The summed E-state index contributed by atoms with van der Waals surface area (Å²) in [7, 11) is 1.59. The zero-order chi connectivity index (χ0) is 15.9. The Bertz CT molecular complexity index is 631. The van der Waals surface area contributed by atoms with Crippen molar-refractivity contribution in [3.63, 3.8) is 0 Å². The molecule has 0 aliphatic heterocycles. The van der Waals surface area contributed by atoms with Gasteiger partial charge < -0.3 is 10.1 Å². The highest BCUT2D eigenvalue weighted by Crippen LogP contribution is 2.29. The van der Waals surface area contributed by atoms with Gasteiger partial charge in [-0.25, -0.2) is 0 Å². The Morgan fingerprint density at radius 3 is 2.55 bits per heavy atom. The predicted octanol–water partition coefficient (Wildman–Crippen LogP) is 4.86. The molecular formula is C17H18ClNO2S. The van der Waals surface area contributed by atoms with E-state index in [0.29, 0.717) is 16.5 Å². The fourth-order valence-electron chi connectivity index (χ4n) is 1.96. The first kappa shape index (κ1) is 16.7. The lowest BCUT2D eigenvalue weighted by Gasteiger charge is -2.16. The van der Waals surface area contributed by atoms with Crippen LogP contribution in [-0.4, -0.2) is 18.3 Å². The second kappa shape index (κ2) is 8.11. The standard InChI is InChI=1S/C17H18ClNO2S/c1-3-16(22-13-10-8-12(18)9-11-13)17(20)19-14-6-4-5-7-15(14)21-2/h4-11,16H,3H2,1-2H3,(H,19,20). The normalized spacial score (nSPS) is 11.8. The summed E-state index contributed by atoms with van der Waals surface area (Å²) in [6.07, 6.45) is 0.730. The lowest BCUT2D eigenvalue weighted by molar-refractivity contribution is -0.115. The monoisotopic (exact) mass is 335 g/mol. The van der Waals surface area contributed by atoms with Crippen LogP contribution in [0.15, 0.2) is 53.4 Å². The lowest BCUT2D eigenvalue weighted by atomic mass is 10.2. The van der Waals surface area contributed by atoms with Gasteiger partial charge in [-0.15, -0.1) is 11.8 Å². The summed E-state index contributed by atoms with van der Waals surface area (Å²) >= 11 is 7.41. The van der Waals surface area contributed by atoms with Gasteiger partial charge in [0.1, 0.15) is 5.75 Å². The minimum Gasteiger partial charge on any atom is -0.495 e. The van der Waals surface area contributed by atoms with Crippen molar-refractivity contribution in [2.24, 2.45) is 0 Å². The van der Waals surface area contributed by atoms with E-state index in [4.69, 9.17) is 16.3 Å². The summed E-state index contributed by atoms with van der Waals surface area (Å²) in [6.45, 7) is 2.00. The van der Waals surface area contributed by atoms with Crippen molar-refractivity contribution in [3.05, 3.63) is 53.6 Å². The lowest BCUT2D eigenvalue weighted by Crippen LogP contribution is -2.24. The summed E-state index contributed by atoms with van der Waals surface area (Å²) in [5.41, 5.74) is 0.685. The Balaban J connectivity index is 2.07. The third-order valence-corrected chi connectivity index (χ3v) is 4.75. The molecule has 22 heavy (non-hydrogen) atoms. The van der Waals surface area contributed by atoms with Gasteiger partial charge in [-0.2, -0.15) is 0 Å². The molecule has 3 nitrogen and oxygen atoms in total. The number of halogens is 1. The Kier molecular flexibility index (Phi) is 6.16. The molecule has 2 aromatic rings. The smallest absolute Gasteiger partial charge is 0.237 e. The molecule has 0 aliphatic carbocycles. The number of hydrogen-bond donors (Lipinski definition) is 1. The largest absolute Gasteiger partial charge is 0.495 e. The van der Waals surface area contributed by atoms with Crippen molar-refractivity contribution in [2.45, 2.75) is 23.5 Å². The quantitative estimate of drug-likeness (QED) is 0.766. The minimum atomic E-state index is -0.175. The summed E-state index contributed by atoms with van der Waals surface area (Å²) in [5.74, 6) is 0.620. The molecular weight excluding hydrogens is 318 g/mol. The maximum absolute atomic E-state index is 12.5. The summed E-state index contributed by atoms with van der Waals surface area (Å²) in [4.78, 5) is 13.5. The van der Waals surface area contributed by atoms with E-state index in [0.717, 1.165) is 11.3 Å². The molecule has 1 N–H and O–H groups in total. The number of nitrogens with one attached hydrogen (secondary N) is 1. The van der Waals surface area contributed by atoms with Gasteiger partial charge in [-0.05, 0) is 42.8 Å². The van der Waals surface area contributed by atoms with Crippen molar-refractivity contribution >= 4 is 35.0 Å². The van der Waals surface area contributed by atoms with Crippen LogP contribution in [0.2, 0.25) is 5.02 Å². The van der Waals surface area contributed by atoms with Gasteiger partial charge in [0, 0.05) is 9.92 Å². The molecule has 0 spiro atoms. The van der Waals surface area contributed by atoms with Gasteiger partial charge in [0.2, 0.25) is 5.91 Å². The molecule has 0 bridgehead atoms. The number of methoxy groups -OCH3 is 1. The first-order chi connectivity index (χ1) is 10.6. The number of thioether (sulfide) groups is 1. The maximum atomic E-state index is 12.5. The molecule has 1 atom stereocenters. The highest BCUT2D eigenvalue weighted by molar-refractivity contribution is 8.00. The van der Waals surface area contributed by atoms with Crippen LogP contribution in [0, 0.1) is 0 Å². The van der Waals surface area contributed by atoms with Crippen LogP contribution in [0.3, 0.4) is 0 Å². The van der Waals surface area contributed by atoms with Crippen LogP contribution in [0.25, 0.3) is 0 Å². The van der Waals surface area contributed by atoms with Crippen molar-refractivity contribution in [3.8, 4) is 5.75 Å². The van der Waals surface area contributed by atoms with Gasteiger partial charge in [0.05, 0.1) is 18.0 Å². The molecule has 0 saturated heterocycles. The van der Waals surface area contributed by atoms with Gasteiger partial charge in [0.15, 0.2) is 0 Å². The molecule has 0 heterocycles. The average Bonchev–Trinajstić information content (AvgIpc) is 2.54. The molecule has 0 fully saturated rings. The fourth-order valence-corrected chi connectivity index (χ4v) is 3.04. The minimum absolute atomic E-state index is 0.0352. The Labute approximate surface area is 140 Å². The van der Waals surface area contributed by atoms with Gasteiger partial charge in [-0.3, -0.25) is 4.79 Å². The summed E-state index contributed by atoms with van der Waals surface area (Å²) < 4.78 is 5.25. The molecule has 2 aromatic carbocycles. The van der Waals surface area contributed by atoms with E-state index >= 15 is 0 Å². The molecule has 116 valence electrons. The zero-order valence-corrected chi connectivity index (χ0v) is 14.1. The first-order valence-electron chi connectivity index (χ1n) is 7.00.